The summed E-state index contributed by atoms with van der Waals surface area (Å²) in [5.41, 5.74) is 1.19. The summed E-state index contributed by atoms with van der Waals surface area (Å²) in [5, 5.41) is 3.09. The molecule has 1 aliphatic heterocycles. The summed E-state index contributed by atoms with van der Waals surface area (Å²) in [6.45, 7) is 1.80. The van der Waals surface area contributed by atoms with Gasteiger partial charge in [0, 0.05) is 19.0 Å². The molecule has 0 saturated carbocycles. The first-order chi connectivity index (χ1) is 10.3. The van der Waals surface area contributed by atoms with Crippen molar-refractivity contribution >= 4 is 5.91 Å². The Morgan fingerprint density at radius 3 is 3.00 bits per heavy atom. The van der Waals surface area contributed by atoms with Crippen LogP contribution in [0.4, 0.5) is 0 Å². The average Bonchev–Trinajstić information content (AvgIpc) is 2.96. The second kappa shape index (κ2) is 8.03. The van der Waals surface area contributed by atoms with Gasteiger partial charge in [-0.3, -0.25) is 4.79 Å². The maximum Gasteiger partial charge on any atom is 0.222 e. The lowest BCUT2D eigenvalue weighted by Gasteiger charge is -2.25. The Labute approximate surface area is 127 Å². The second-order valence-corrected chi connectivity index (χ2v) is 5.61. The molecule has 0 aromatic heterocycles. The van der Waals surface area contributed by atoms with Crippen molar-refractivity contribution < 1.29 is 9.53 Å². The number of nitrogens with one attached hydrogen (secondary N) is 1. The van der Waals surface area contributed by atoms with Crippen molar-refractivity contribution in [2.45, 2.75) is 38.1 Å². The summed E-state index contributed by atoms with van der Waals surface area (Å²) in [6, 6.07) is 8.43. The molecule has 0 aliphatic carbocycles. The van der Waals surface area contributed by atoms with E-state index in [9.17, 15) is 4.79 Å². The van der Waals surface area contributed by atoms with Crippen LogP contribution >= 0.6 is 0 Å². The number of carbonyl (C=O) groups excluding carboxylic acids is 1. The number of rotatable bonds is 7. The number of benzene rings is 1. The zero-order valence-corrected chi connectivity index (χ0v) is 13.1. The molecule has 1 unspecified atom stereocenters. The van der Waals surface area contributed by atoms with Crippen molar-refractivity contribution in [3.05, 3.63) is 29.8 Å². The number of carbonyl (C=O) groups is 1. The molecule has 0 bridgehead atoms. The van der Waals surface area contributed by atoms with E-state index in [1.807, 2.05) is 25.2 Å². The van der Waals surface area contributed by atoms with Crippen molar-refractivity contribution in [2.75, 3.05) is 27.2 Å². The van der Waals surface area contributed by atoms with Crippen LogP contribution in [0.5, 0.6) is 5.75 Å². The van der Waals surface area contributed by atoms with Crippen LogP contribution in [0.3, 0.4) is 0 Å². The number of nitrogens with zero attached hydrogens (tertiary/aromatic N) is 1. The fourth-order valence-corrected chi connectivity index (χ4v) is 3.06. The monoisotopic (exact) mass is 290 g/mol. The molecule has 4 heteroatoms. The van der Waals surface area contributed by atoms with Gasteiger partial charge in [-0.1, -0.05) is 18.2 Å². The quantitative estimate of drug-likeness (QED) is 0.783. The number of likely N-dealkylation sites (tertiary alicyclic amines) is 1. The Hall–Kier alpha value is -1.55. The topological polar surface area (TPSA) is 41.6 Å². The van der Waals surface area contributed by atoms with E-state index in [0.717, 1.165) is 44.5 Å². The summed E-state index contributed by atoms with van der Waals surface area (Å²) in [5.74, 6) is 1.22. The van der Waals surface area contributed by atoms with Gasteiger partial charge in [0.2, 0.25) is 5.91 Å². The number of amides is 1. The van der Waals surface area contributed by atoms with Gasteiger partial charge in [0.05, 0.1) is 7.11 Å². The van der Waals surface area contributed by atoms with Crippen LogP contribution in [-0.2, 0) is 11.2 Å². The highest BCUT2D eigenvalue weighted by molar-refractivity contribution is 5.76. The van der Waals surface area contributed by atoms with Gasteiger partial charge in [-0.25, -0.2) is 0 Å². The Balaban J connectivity index is 1.97. The minimum Gasteiger partial charge on any atom is -0.496 e. The van der Waals surface area contributed by atoms with Gasteiger partial charge >= 0.3 is 0 Å². The maximum atomic E-state index is 12.3. The lowest BCUT2D eigenvalue weighted by Crippen LogP contribution is -2.37. The largest absolute Gasteiger partial charge is 0.496 e. The standard InChI is InChI=1S/C17H26N2O2/c1-18-11-5-10-17(20)19-12-6-8-15(19)13-14-7-3-4-9-16(14)21-2/h3-4,7,9,15,18H,5-6,8,10-13H2,1-2H3. The molecular weight excluding hydrogens is 264 g/mol. The normalized spacial score (nSPS) is 18.0. The van der Waals surface area contributed by atoms with Gasteiger partial charge in [-0.05, 0) is 50.9 Å². The van der Waals surface area contributed by atoms with E-state index >= 15 is 0 Å². The van der Waals surface area contributed by atoms with E-state index < -0.39 is 0 Å². The predicted octanol–water partition coefficient (Wildman–Crippen LogP) is 2.23. The fourth-order valence-electron chi connectivity index (χ4n) is 3.06. The average molecular weight is 290 g/mol. The van der Waals surface area contributed by atoms with Crippen molar-refractivity contribution in [1.29, 1.82) is 0 Å². The second-order valence-electron chi connectivity index (χ2n) is 5.61. The highest BCUT2D eigenvalue weighted by Crippen LogP contribution is 2.26. The Kier molecular flexibility index (Phi) is 6.05. The van der Waals surface area contributed by atoms with Gasteiger partial charge in [-0.15, -0.1) is 0 Å². The summed E-state index contributed by atoms with van der Waals surface area (Å²) in [4.78, 5) is 14.4. The van der Waals surface area contributed by atoms with Crippen LogP contribution in [0.2, 0.25) is 0 Å². The van der Waals surface area contributed by atoms with Gasteiger partial charge in [0.15, 0.2) is 0 Å². The van der Waals surface area contributed by atoms with Crippen molar-refractivity contribution in [3.8, 4) is 5.75 Å². The number of hydrogen-bond acceptors (Lipinski definition) is 3. The van der Waals surface area contributed by atoms with E-state index in [2.05, 4.69) is 16.3 Å². The molecule has 1 N–H and O–H groups in total. The number of para-hydroxylation sites is 1. The molecule has 1 amide bonds. The third-order valence-corrected chi connectivity index (χ3v) is 4.16. The Morgan fingerprint density at radius 2 is 2.24 bits per heavy atom. The predicted molar refractivity (Wildman–Crippen MR) is 84.6 cm³/mol. The first kappa shape index (κ1) is 15.8. The Morgan fingerprint density at radius 1 is 1.43 bits per heavy atom. The molecule has 1 fully saturated rings. The van der Waals surface area contributed by atoms with Gasteiger partial charge in [0.25, 0.3) is 0 Å². The molecular formula is C17H26N2O2. The highest BCUT2D eigenvalue weighted by atomic mass is 16.5. The number of ether oxygens (including phenoxy) is 1. The van der Waals surface area contributed by atoms with Gasteiger partial charge < -0.3 is 15.0 Å². The third-order valence-electron chi connectivity index (χ3n) is 4.16. The van der Waals surface area contributed by atoms with Crippen LogP contribution in [0.25, 0.3) is 0 Å². The van der Waals surface area contributed by atoms with Gasteiger partial charge in [-0.2, -0.15) is 0 Å². The molecule has 1 aromatic rings. The zero-order chi connectivity index (χ0) is 15.1. The summed E-state index contributed by atoms with van der Waals surface area (Å²) >= 11 is 0. The van der Waals surface area contributed by atoms with Crippen LogP contribution in [0, 0.1) is 0 Å². The van der Waals surface area contributed by atoms with E-state index in [4.69, 9.17) is 4.74 Å². The first-order valence-electron chi connectivity index (χ1n) is 7.82. The van der Waals surface area contributed by atoms with Crippen molar-refractivity contribution in [3.63, 3.8) is 0 Å². The molecule has 0 spiro atoms. The number of methoxy groups -OCH3 is 1. The zero-order valence-electron chi connectivity index (χ0n) is 13.1. The van der Waals surface area contributed by atoms with Crippen LogP contribution < -0.4 is 10.1 Å². The molecule has 1 saturated heterocycles. The molecule has 21 heavy (non-hydrogen) atoms. The minimum atomic E-state index is 0.294. The Bertz CT molecular complexity index is 462. The molecule has 116 valence electrons. The SMILES string of the molecule is CNCCCC(=O)N1CCCC1Cc1ccccc1OC. The fraction of sp³-hybridized carbons (Fsp3) is 0.588. The van der Waals surface area contributed by atoms with E-state index in [0.29, 0.717) is 18.4 Å². The molecule has 1 heterocycles. The molecule has 4 nitrogen and oxygen atoms in total. The molecule has 1 atom stereocenters. The summed E-state index contributed by atoms with van der Waals surface area (Å²) in [6.07, 6.45) is 4.64. The lowest BCUT2D eigenvalue weighted by molar-refractivity contribution is -0.132. The third kappa shape index (κ3) is 4.21. The minimum absolute atomic E-state index is 0.294. The highest BCUT2D eigenvalue weighted by Gasteiger charge is 2.28. The van der Waals surface area contributed by atoms with Crippen LogP contribution in [0.15, 0.2) is 24.3 Å². The molecule has 1 aliphatic rings. The molecule has 0 radical (unpaired) electrons. The van der Waals surface area contributed by atoms with Crippen molar-refractivity contribution in [2.24, 2.45) is 0 Å². The van der Waals surface area contributed by atoms with Crippen LogP contribution in [-0.4, -0.2) is 44.1 Å². The molecule has 2 rings (SSSR count). The summed E-state index contributed by atoms with van der Waals surface area (Å²) in [7, 11) is 3.62. The number of hydrogen-bond donors (Lipinski definition) is 1. The maximum absolute atomic E-state index is 12.3. The van der Waals surface area contributed by atoms with Crippen LogP contribution in [0.1, 0.15) is 31.2 Å². The molecule has 1 aromatic carbocycles. The lowest BCUT2D eigenvalue weighted by atomic mass is 10.0. The van der Waals surface area contributed by atoms with Gasteiger partial charge in [0.1, 0.15) is 5.75 Å². The van der Waals surface area contributed by atoms with E-state index in [-0.39, 0.29) is 0 Å². The van der Waals surface area contributed by atoms with E-state index in [1.54, 1.807) is 7.11 Å². The van der Waals surface area contributed by atoms with E-state index in [1.165, 1.54) is 5.56 Å². The first-order valence-corrected chi connectivity index (χ1v) is 7.82. The summed E-state index contributed by atoms with van der Waals surface area (Å²) < 4.78 is 5.42. The van der Waals surface area contributed by atoms with Crippen molar-refractivity contribution in [1.82, 2.24) is 10.2 Å². The smallest absolute Gasteiger partial charge is 0.222 e.